The van der Waals surface area contributed by atoms with Crippen molar-refractivity contribution in [1.82, 2.24) is 5.32 Å². The van der Waals surface area contributed by atoms with Crippen molar-refractivity contribution in [2.24, 2.45) is 0 Å². The molecule has 0 saturated heterocycles. The van der Waals surface area contributed by atoms with E-state index in [0.717, 1.165) is 31.2 Å². The molecule has 0 aliphatic heterocycles. The number of nitrogens with one attached hydrogen (secondary N) is 1. The van der Waals surface area contributed by atoms with Crippen LogP contribution in [0.25, 0.3) is 0 Å². The molecule has 92 valence electrons. The Morgan fingerprint density at radius 2 is 2.24 bits per heavy atom. The van der Waals surface area contributed by atoms with Gasteiger partial charge in [0.15, 0.2) is 0 Å². The summed E-state index contributed by atoms with van der Waals surface area (Å²) in [5, 5.41) is 12.6. The molecule has 1 fully saturated rings. The molecule has 1 saturated carbocycles. The van der Waals surface area contributed by atoms with E-state index in [2.05, 4.69) is 5.32 Å². The first kappa shape index (κ1) is 12.1. The summed E-state index contributed by atoms with van der Waals surface area (Å²) < 4.78 is 0. The van der Waals surface area contributed by atoms with Gasteiger partial charge in [0.05, 0.1) is 5.60 Å². The molecule has 2 rings (SSSR count). The molecule has 0 heterocycles. The van der Waals surface area contributed by atoms with E-state index < -0.39 is 5.60 Å². The number of aryl methyl sites for hydroxylation is 1. The number of aliphatic hydroxyl groups is 1. The average molecular weight is 233 g/mol. The summed E-state index contributed by atoms with van der Waals surface area (Å²) in [6.45, 7) is 2.55. The maximum absolute atomic E-state index is 11.6. The van der Waals surface area contributed by atoms with Gasteiger partial charge in [-0.15, -0.1) is 0 Å². The lowest BCUT2D eigenvalue weighted by atomic mass is 10.0. The molecule has 0 aromatic heterocycles. The number of hydrogen-bond acceptors (Lipinski definition) is 2. The minimum Gasteiger partial charge on any atom is -0.390 e. The van der Waals surface area contributed by atoms with E-state index >= 15 is 0 Å². The Kier molecular flexibility index (Phi) is 3.48. The Hall–Kier alpha value is -1.35. The first-order chi connectivity index (χ1) is 8.13. The molecule has 0 radical (unpaired) electrons. The van der Waals surface area contributed by atoms with Crippen LogP contribution in [0.2, 0.25) is 0 Å². The van der Waals surface area contributed by atoms with Crippen LogP contribution in [0, 0.1) is 0 Å². The van der Waals surface area contributed by atoms with Crippen molar-refractivity contribution in [3.05, 3.63) is 35.4 Å². The minimum absolute atomic E-state index is 0.0283. The number of benzene rings is 1. The normalized spacial score (nSPS) is 16.6. The van der Waals surface area contributed by atoms with Crippen LogP contribution in [-0.4, -0.2) is 23.2 Å². The van der Waals surface area contributed by atoms with Gasteiger partial charge in [-0.2, -0.15) is 0 Å². The predicted molar refractivity (Wildman–Crippen MR) is 67.0 cm³/mol. The van der Waals surface area contributed by atoms with Crippen LogP contribution in [-0.2, 0) is 6.42 Å². The lowest BCUT2D eigenvalue weighted by Gasteiger charge is -2.08. The lowest BCUT2D eigenvalue weighted by Crippen LogP contribution is -2.22. The van der Waals surface area contributed by atoms with Crippen LogP contribution in [0.3, 0.4) is 0 Å². The molecule has 1 aliphatic rings. The summed E-state index contributed by atoms with van der Waals surface area (Å²) in [5.41, 5.74) is 1.41. The maximum atomic E-state index is 11.6. The monoisotopic (exact) mass is 233 g/mol. The summed E-state index contributed by atoms with van der Waals surface area (Å²) in [7, 11) is 0. The molecule has 17 heavy (non-hydrogen) atoms. The zero-order chi connectivity index (χ0) is 12.3. The predicted octanol–water partition coefficient (Wildman–Crippen LogP) is 1.89. The molecule has 1 aliphatic carbocycles. The van der Waals surface area contributed by atoms with E-state index in [1.165, 1.54) is 0 Å². The Morgan fingerprint density at radius 3 is 2.88 bits per heavy atom. The maximum Gasteiger partial charge on any atom is 0.251 e. The van der Waals surface area contributed by atoms with Crippen LogP contribution in [0.4, 0.5) is 0 Å². The molecule has 1 aromatic carbocycles. The largest absolute Gasteiger partial charge is 0.390 e. The van der Waals surface area contributed by atoms with Gasteiger partial charge < -0.3 is 10.4 Å². The molecular weight excluding hydrogens is 214 g/mol. The second kappa shape index (κ2) is 4.88. The van der Waals surface area contributed by atoms with E-state index in [9.17, 15) is 9.90 Å². The summed E-state index contributed by atoms with van der Waals surface area (Å²) >= 11 is 0. The van der Waals surface area contributed by atoms with Gasteiger partial charge in [0.2, 0.25) is 0 Å². The van der Waals surface area contributed by atoms with Gasteiger partial charge in [0, 0.05) is 12.1 Å². The Morgan fingerprint density at radius 1 is 1.47 bits per heavy atom. The van der Waals surface area contributed by atoms with Crippen molar-refractivity contribution in [3.63, 3.8) is 0 Å². The molecule has 0 unspecified atom stereocenters. The highest BCUT2D eigenvalue weighted by Crippen LogP contribution is 2.39. The number of carbonyl (C=O) groups is 1. The van der Waals surface area contributed by atoms with Crippen molar-refractivity contribution in [3.8, 4) is 0 Å². The second-order valence-corrected chi connectivity index (χ2v) is 4.78. The van der Waals surface area contributed by atoms with Gasteiger partial charge in [0.1, 0.15) is 0 Å². The van der Waals surface area contributed by atoms with E-state index in [-0.39, 0.29) is 5.91 Å². The van der Waals surface area contributed by atoms with E-state index in [4.69, 9.17) is 0 Å². The summed E-state index contributed by atoms with van der Waals surface area (Å²) in [5.74, 6) is -0.0283. The zero-order valence-electron chi connectivity index (χ0n) is 10.2. The van der Waals surface area contributed by atoms with E-state index in [1.807, 2.05) is 31.2 Å². The van der Waals surface area contributed by atoms with Crippen molar-refractivity contribution in [1.29, 1.82) is 0 Å². The molecule has 1 aromatic rings. The van der Waals surface area contributed by atoms with Crippen molar-refractivity contribution < 1.29 is 9.90 Å². The molecule has 2 N–H and O–H groups in total. The fraction of sp³-hybridized carbons (Fsp3) is 0.500. The quantitative estimate of drug-likeness (QED) is 0.816. The molecule has 0 bridgehead atoms. The third-order valence-corrected chi connectivity index (χ3v) is 3.23. The summed E-state index contributed by atoms with van der Waals surface area (Å²) in [6.07, 6.45) is 3.47. The highest BCUT2D eigenvalue weighted by Gasteiger charge is 2.39. The molecular formula is C14H19NO2. The highest BCUT2D eigenvalue weighted by molar-refractivity contribution is 5.94. The summed E-state index contributed by atoms with van der Waals surface area (Å²) in [4.78, 5) is 11.6. The highest BCUT2D eigenvalue weighted by atomic mass is 16.3. The average Bonchev–Trinajstić information content (AvgIpc) is 3.06. The summed E-state index contributed by atoms with van der Waals surface area (Å²) in [6, 6.07) is 7.64. The van der Waals surface area contributed by atoms with Gasteiger partial charge in [0.25, 0.3) is 5.91 Å². The SMILES string of the molecule is CCNC(=O)c1cccc(CCC2(O)CC2)c1. The topological polar surface area (TPSA) is 49.3 Å². The third-order valence-electron chi connectivity index (χ3n) is 3.23. The first-order valence-electron chi connectivity index (χ1n) is 6.22. The van der Waals surface area contributed by atoms with Crippen LogP contribution in [0.1, 0.15) is 42.1 Å². The van der Waals surface area contributed by atoms with Crippen molar-refractivity contribution in [2.75, 3.05) is 6.54 Å². The third kappa shape index (κ3) is 3.30. The first-order valence-corrected chi connectivity index (χ1v) is 6.22. The molecule has 1 amide bonds. The number of rotatable bonds is 5. The van der Waals surface area contributed by atoms with Crippen molar-refractivity contribution >= 4 is 5.91 Å². The number of hydrogen-bond donors (Lipinski definition) is 2. The van der Waals surface area contributed by atoms with Crippen LogP contribution in [0.15, 0.2) is 24.3 Å². The van der Waals surface area contributed by atoms with Gasteiger partial charge in [-0.05, 0) is 50.3 Å². The van der Waals surface area contributed by atoms with Gasteiger partial charge in [-0.1, -0.05) is 12.1 Å². The van der Waals surface area contributed by atoms with Gasteiger partial charge in [-0.25, -0.2) is 0 Å². The fourth-order valence-electron chi connectivity index (χ4n) is 1.90. The molecule has 0 atom stereocenters. The van der Waals surface area contributed by atoms with E-state index in [1.54, 1.807) is 0 Å². The minimum atomic E-state index is -0.415. The van der Waals surface area contributed by atoms with Gasteiger partial charge >= 0.3 is 0 Å². The lowest BCUT2D eigenvalue weighted by molar-refractivity contribution is 0.0955. The van der Waals surface area contributed by atoms with Crippen LogP contribution >= 0.6 is 0 Å². The number of amides is 1. The zero-order valence-corrected chi connectivity index (χ0v) is 10.2. The molecule has 3 heteroatoms. The van der Waals surface area contributed by atoms with E-state index in [0.29, 0.717) is 12.1 Å². The van der Waals surface area contributed by atoms with Crippen LogP contribution in [0.5, 0.6) is 0 Å². The van der Waals surface area contributed by atoms with Crippen LogP contribution < -0.4 is 5.32 Å². The standard InChI is InChI=1S/C14H19NO2/c1-2-15-13(16)12-5-3-4-11(10-12)6-7-14(17)8-9-14/h3-5,10,17H,2,6-9H2,1H3,(H,15,16). The molecule has 3 nitrogen and oxygen atoms in total. The number of carbonyl (C=O) groups excluding carboxylic acids is 1. The molecule has 0 spiro atoms. The smallest absolute Gasteiger partial charge is 0.251 e. The second-order valence-electron chi connectivity index (χ2n) is 4.78. The van der Waals surface area contributed by atoms with Gasteiger partial charge in [-0.3, -0.25) is 4.79 Å². The Balaban J connectivity index is 1.98. The van der Waals surface area contributed by atoms with Crippen molar-refractivity contribution in [2.45, 2.75) is 38.2 Å². The Bertz CT molecular complexity index is 410. The Labute approximate surface area is 102 Å². The fourth-order valence-corrected chi connectivity index (χ4v) is 1.90.